The van der Waals surface area contributed by atoms with Crippen LogP contribution in [-0.2, 0) is 4.74 Å². The second kappa shape index (κ2) is 11.0. The van der Waals surface area contributed by atoms with Crippen molar-refractivity contribution in [3.63, 3.8) is 0 Å². The van der Waals surface area contributed by atoms with E-state index in [1.165, 1.54) is 38.0 Å². The van der Waals surface area contributed by atoms with Gasteiger partial charge in [0, 0.05) is 36.0 Å². The maximum Gasteiger partial charge on any atom is 0.267 e. The smallest absolute Gasteiger partial charge is 0.267 e. The van der Waals surface area contributed by atoms with E-state index in [0.29, 0.717) is 56.6 Å². The third kappa shape index (κ3) is 5.41. The Morgan fingerprint density at radius 2 is 1.87 bits per heavy atom. The second-order valence-electron chi connectivity index (χ2n) is 9.32. The number of carbonyl (C=O) groups is 1. The first kappa shape index (κ1) is 27.2. The number of anilines is 1. The Morgan fingerprint density at radius 3 is 2.56 bits per heavy atom. The van der Waals surface area contributed by atoms with Crippen LogP contribution in [0, 0.1) is 6.92 Å². The van der Waals surface area contributed by atoms with E-state index in [9.17, 15) is 13.6 Å². The van der Waals surface area contributed by atoms with Crippen molar-refractivity contribution in [2.24, 2.45) is 0 Å². The minimum Gasteiger partial charge on any atom is -0.494 e. The maximum absolute atomic E-state index is 13.5. The fraction of sp³-hybridized carbons (Fsp3) is 0.385. The molecular formula is C26H25ClF2N6O3S. The zero-order valence-electron chi connectivity index (χ0n) is 21.4. The van der Waals surface area contributed by atoms with E-state index in [0.717, 1.165) is 5.69 Å². The Bertz CT molecular complexity index is 1530. The fourth-order valence-corrected chi connectivity index (χ4v) is 5.77. The molecular weight excluding hydrogens is 550 g/mol. The van der Waals surface area contributed by atoms with E-state index in [1.807, 2.05) is 6.92 Å². The summed E-state index contributed by atoms with van der Waals surface area (Å²) in [6, 6.07) is 3.40. The quantitative estimate of drug-likeness (QED) is 0.265. The molecule has 13 heteroatoms. The zero-order chi connectivity index (χ0) is 27.7. The third-order valence-electron chi connectivity index (χ3n) is 7.05. The van der Waals surface area contributed by atoms with Crippen molar-refractivity contribution in [3.05, 3.63) is 52.8 Å². The van der Waals surface area contributed by atoms with Gasteiger partial charge < -0.3 is 9.47 Å². The van der Waals surface area contributed by atoms with Gasteiger partial charge in [0.25, 0.3) is 12.3 Å². The number of ether oxygens (including phenoxy) is 2. The average Bonchev–Trinajstić information content (AvgIpc) is 3.34. The summed E-state index contributed by atoms with van der Waals surface area (Å²) < 4.78 is 37.7. The highest BCUT2D eigenvalue weighted by atomic mass is 35.5. The summed E-state index contributed by atoms with van der Waals surface area (Å²) in [7, 11) is 2.85. The molecule has 0 aromatic carbocycles. The SMILES string of the molecule is COc1cnc(Cl)cc1-c1cc(C)ncc1C(=O)Nc1nc2ncc(C3CCC(OC)(C(F)F)CC3)nc2s1. The number of halogens is 3. The van der Waals surface area contributed by atoms with E-state index in [4.69, 9.17) is 26.1 Å². The van der Waals surface area contributed by atoms with Crippen LogP contribution in [0.1, 0.15) is 53.3 Å². The Kier molecular flexibility index (Phi) is 7.70. The van der Waals surface area contributed by atoms with Crippen LogP contribution in [0.15, 0.2) is 30.7 Å². The number of hydrogen-bond donors (Lipinski definition) is 1. The lowest BCUT2D eigenvalue weighted by Crippen LogP contribution is -2.42. The normalized spacial score (nSPS) is 19.4. The minimum absolute atomic E-state index is 0.00702. The Hall–Kier alpha value is -3.35. The number of aryl methyl sites for hydroxylation is 1. The molecule has 0 bridgehead atoms. The van der Waals surface area contributed by atoms with E-state index < -0.39 is 17.9 Å². The second-order valence-corrected chi connectivity index (χ2v) is 10.7. The molecule has 0 radical (unpaired) electrons. The first-order valence-electron chi connectivity index (χ1n) is 12.2. The van der Waals surface area contributed by atoms with Gasteiger partial charge in [0.05, 0.1) is 30.8 Å². The lowest BCUT2D eigenvalue weighted by atomic mass is 9.77. The summed E-state index contributed by atoms with van der Waals surface area (Å²) in [6.07, 6.45) is 3.60. The van der Waals surface area contributed by atoms with E-state index >= 15 is 0 Å². The van der Waals surface area contributed by atoms with Gasteiger partial charge in [-0.1, -0.05) is 22.9 Å². The van der Waals surface area contributed by atoms with Crippen molar-refractivity contribution >= 4 is 44.5 Å². The number of pyridine rings is 2. The standard InChI is InChI=1S/C26H25ClF2N6O3S/c1-13-8-15(16-9-20(27)31-12-19(16)37-2)17(10-30-13)22(36)35-25-34-21-23(39-25)33-18(11-32-21)14-4-6-26(38-3,7-5-14)24(28)29/h8-12,14,24H,4-7H2,1-3H3,(H,32,34,35,36). The zero-order valence-corrected chi connectivity index (χ0v) is 22.9. The number of alkyl halides is 2. The molecule has 0 spiro atoms. The van der Waals surface area contributed by atoms with E-state index in [-0.39, 0.29) is 23.9 Å². The number of hydrogen-bond acceptors (Lipinski definition) is 9. The molecule has 1 saturated carbocycles. The van der Waals surface area contributed by atoms with Crippen LogP contribution < -0.4 is 10.1 Å². The summed E-state index contributed by atoms with van der Waals surface area (Å²) in [5.74, 6) is 0.0216. The predicted molar refractivity (Wildman–Crippen MR) is 144 cm³/mol. The van der Waals surface area contributed by atoms with Crippen molar-refractivity contribution in [3.8, 4) is 16.9 Å². The molecule has 0 aliphatic heterocycles. The van der Waals surface area contributed by atoms with Crippen molar-refractivity contribution in [1.82, 2.24) is 24.9 Å². The van der Waals surface area contributed by atoms with Gasteiger partial charge in [-0.25, -0.2) is 23.7 Å². The fourth-order valence-electron chi connectivity index (χ4n) is 4.82. The van der Waals surface area contributed by atoms with Gasteiger partial charge in [-0.2, -0.15) is 4.98 Å². The number of aromatic nitrogens is 5. The molecule has 39 heavy (non-hydrogen) atoms. The van der Waals surface area contributed by atoms with Crippen molar-refractivity contribution in [1.29, 1.82) is 0 Å². The Morgan fingerprint density at radius 1 is 1.10 bits per heavy atom. The summed E-state index contributed by atoms with van der Waals surface area (Å²) in [4.78, 5) is 35.8. The minimum atomic E-state index is -2.54. The van der Waals surface area contributed by atoms with E-state index in [2.05, 4.69) is 25.3 Å². The molecule has 9 nitrogen and oxygen atoms in total. The van der Waals surface area contributed by atoms with Crippen LogP contribution in [0.2, 0.25) is 5.15 Å². The van der Waals surface area contributed by atoms with Gasteiger partial charge in [-0.3, -0.25) is 15.1 Å². The average molecular weight is 575 g/mol. The van der Waals surface area contributed by atoms with Crippen LogP contribution >= 0.6 is 22.9 Å². The number of nitrogens with one attached hydrogen (secondary N) is 1. The number of thiazole rings is 1. The summed E-state index contributed by atoms with van der Waals surface area (Å²) in [5.41, 5.74) is 1.89. The maximum atomic E-state index is 13.5. The van der Waals surface area contributed by atoms with Gasteiger partial charge in [0.1, 0.15) is 16.5 Å². The molecule has 1 aliphatic carbocycles. The highest BCUT2D eigenvalue weighted by Gasteiger charge is 2.44. The van der Waals surface area contributed by atoms with Gasteiger partial charge in [0.15, 0.2) is 15.6 Å². The summed E-state index contributed by atoms with van der Waals surface area (Å²) in [5, 5.41) is 3.39. The third-order valence-corrected chi connectivity index (χ3v) is 8.11. The van der Waals surface area contributed by atoms with Crippen LogP contribution in [0.3, 0.4) is 0 Å². The van der Waals surface area contributed by atoms with Crippen molar-refractivity contribution in [2.45, 2.75) is 50.6 Å². The molecule has 1 aliphatic rings. The van der Waals surface area contributed by atoms with Crippen LogP contribution in [0.4, 0.5) is 13.9 Å². The Balaban J connectivity index is 1.38. The lowest BCUT2D eigenvalue weighted by molar-refractivity contribution is -0.141. The molecule has 5 rings (SSSR count). The van der Waals surface area contributed by atoms with Crippen molar-refractivity contribution in [2.75, 3.05) is 19.5 Å². The molecule has 0 unspecified atom stereocenters. The largest absolute Gasteiger partial charge is 0.494 e. The number of methoxy groups -OCH3 is 2. The molecule has 1 N–H and O–H groups in total. The molecule has 4 aromatic rings. The monoisotopic (exact) mass is 574 g/mol. The Labute approximate surface area is 232 Å². The van der Waals surface area contributed by atoms with Crippen molar-refractivity contribution < 1.29 is 23.0 Å². The molecule has 1 fully saturated rings. The molecule has 1 amide bonds. The predicted octanol–water partition coefficient (Wildman–Crippen LogP) is 6.07. The number of nitrogens with zero attached hydrogens (tertiary/aromatic N) is 5. The summed E-state index contributed by atoms with van der Waals surface area (Å²) in [6.45, 7) is 1.82. The molecule has 4 heterocycles. The number of fused-ring (bicyclic) bond motifs is 1. The van der Waals surface area contributed by atoms with Crippen LogP contribution in [0.5, 0.6) is 5.75 Å². The number of rotatable bonds is 7. The molecule has 0 atom stereocenters. The van der Waals surface area contributed by atoms with Crippen LogP contribution in [-0.4, -0.2) is 57.1 Å². The molecule has 0 saturated heterocycles. The van der Waals surface area contributed by atoms with Crippen LogP contribution in [0.25, 0.3) is 21.6 Å². The lowest BCUT2D eigenvalue weighted by Gasteiger charge is -2.38. The first-order valence-corrected chi connectivity index (χ1v) is 13.4. The summed E-state index contributed by atoms with van der Waals surface area (Å²) >= 11 is 7.31. The van der Waals surface area contributed by atoms with Gasteiger partial charge in [-0.05, 0) is 44.7 Å². The number of amides is 1. The topological polar surface area (TPSA) is 112 Å². The van der Waals surface area contributed by atoms with Gasteiger partial charge >= 0.3 is 0 Å². The molecule has 204 valence electrons. The van der Waals surface area contributed by atoms with Gasteiger partial charge in [0.2, 0.25) is 0 Å². The molecule has 4 aromatic heterocycles. The number of carbonyl (C=O) groups excluding carboxylic acids is 1. The van der Waals surface area contributed by atoms with Gasteiger partial charge in [-0.15, -0.1) is 0 Å². The first-order chi connectivity index (χ1) is 18.7. The highest BCUT2D eigenvalue weighted by Crippen LogP contribution is 2.42. The highest BCUT2D eigenvalue weighted by molar-refractivity contribution is 7.21. The van der Waals surface area contributed by atoms with E-state index in [1.54, 1.807) is 18.3 Å².